The fourth-order valence-electron chi connectivity index (χ4n) is 2.89. The zero-order chi connectivity index (χ0) is 17.6. The fraction of sp³-hybridized carbons (Fsp3) is 0.421. The lowest BCUT2D eigenvalue weighted by Crippen LogP contribution is -2.33. The standard InChI is InChI=1S/C19H24N4O2/c1-13(2)25-16-9-7-15(8-10-16)22-19-20-12-11-17(23-19)18(24)21-14-5-3-4-6-14/h7-14H,3-6H2,1-2H3,(H,21,24)(H,20,22,23). The molecule has 3 rings (SSSR count). The number of nitrogens with zero attached hydrogens (tertiary/aromatic N) is 2. The molecule has 1 fully saturated rings. The molecule has 0 saturated heterocycles. The van der Waals surface area contributed by atoms with Crippen LogP contribution in [0.2, 0.25) is 0 Å². The number of carbonyl (C=O) groups is 1. The average molecular weight is 340 g/mol. The minimum absolute atomic E-state index is 0.136. The summed E-state index contributed by atoms with van der Waals surface area (Å²) in [5.74, 6) is 1.07. The van der Waals surface area contributed by atoms with Crippen molar-refractivity contribution in [1.29, 1.82) is 0 Å². The number of hydrogen-bond donors (Lipinski definition) is 2. The predicted molar refractivity (Wildman–Crippen MR) is 97.2 cm³/mol. The van der Waals surface area contributed by atoms with Crippen LogP contribution in [0.1, 0.15) is 50.0 Å². The molecule has 1 heterocycles. The van der Waals surface area contributed by atoms with Crippen molar-refractivity contribution < 1.29 is 9.53 Å². The molecular formula is C19H24N4O2. The highest BCUT2D eigenvalue weighted by Crippen LogP contribution is 2.20. The van der Waals surface area contributed by atoms with Crippen molar-refractivity contribution in [1.82, 2.24) is 15.3 Å². The predicted octanol–water partition coefficient (Wildman–Crippen LogP) is 3.68. The van der Waals surface area contributed by atoms with Crippen molar-refractivity contribution in [2.45, 2.75) is 51.7 Å². The van der Waals surface area contributed by atoms with Crippen molar-refractivity contribution >= 4 is 17.5 Å². The van der Waals surface area contributed by atoms with Crippen LogP contribution in [-0.4, -0.2) is 28.0 Å². The lowest BCUT2D eigenvalue weighted by atomic mass is 10.2. The molecule has 2 N–H and O–H groups in total. The fourth-order valence-corrected chi connectivity index (χ4v) is 2.89. The van der Waals surface area contributed by atoms with Crippen LogP contribution >= 0.6 is 0 Å². The minimum atomic E-state index is -0.141. The van der Waals surface area contributed by atoms with E-state index in [-0.39, 0.29) is 18.1 Å². The number of carbonyl (C=O) groups excluding carboxylic acids is 1. The van der Waals surface area contributed by atoms with Crippen LogP contribution in [0.5, 0.6) is 5.75 Å². The monoisotopic (exact) mass is 340 g/mol. The summed E-state index contributed by atoms with van der Waals surface area (Å²) in [6.07, 6.45) is 6.18. The second-order valence-electron chi connectivity index (χ2n) is 6.54. The molecule has 2 aromatic rings. The Morgan fingerprint density at radius 3 is 2.56 bits per heavy atom. The number of aromatic nitrogens is 2. The van der Waals surface area contributed by atoms with E-state index in [9.17, 15) is 4.79 Å². The summed E-state index contributed by atoms with van der Waals surface area (Å²) in [5, 5.41) is 6.15. The van der Waals surface area contributed by atoms with Crippen molar-refractivity contribution in [2.24, 2.45) is 0 Å². The molecule has 0 spiro atoms. The second-order valence-corrected chi connectivity index (χ2v) is 6.54. The first kappa shape index (κ1) is 17.2. The van der Waals surface area contributed by atoms with Crippen LogP contribution in [0.15, 0.2) is 36.5 Å². The van der Waals surface area contributed by atoms with Gasteiger partial charge in [-0.3, -0.25) is 4.79 Å². The Labute approximate surface area is 148 Å². The molecule has 25 heavy (non-hydrogen) atoms. The first-order chi connectivity index (χ1) is 12.1. The highest BCUT2D eigenvalue weighted by atomic mass is 16.5. The molecule has 132 valence electrons. The maximum atomic E-state index is 12.3. The summed E-state index contributed by atoms with van der Waals surface area (Å²) in [5.41, 5.74) is 1.22. The lowest BCUT2D eigenvalue weighted by molar-refractivity contribution is 0.0933. The van der Waals surface area contributed by atoms with Gasteiger partial charge in [-0.2, -0.15) is 0 Å². The second kappa shape index (κ2) is 7.96. The maximum absolute atomic E-state index is 12.3. The lowest BCUT2D eigenvalue weighted by Gasteiger charge is -2.12. The number of hydrogen-bond acceptors (Lipinski definition) is 5. The van der Waals surface area contributed by atoms with Crippen molar-refractivity contribution in [2.75, 3.05) is 5.32 Å². The Kier molecular flexibility index (Phi) is 5.48. The Hall–Kier alpha value is -2.63. The number of anilines is 2. The summed E-state index contributed by atoms with van der Waals surface area (Å²) in [6, 6.07) is 9.47. The van der Waals surface area contributed by atoms with Crippen molar-refractivity contribution in [3.63, 3.8) is 0 Å². The van der Waals surface area contributed by atoms with Crippen LogP contribution < -0.4 is 15.4 Å². The molecule has 6 heteroatoms. The van der Waals surface area contributed by atoms with Gasteiger partial charge < -0.3 is 15.4 Å². The number of amides is 1. The molecule has 0 unspecified atom stereocenters. The molecular weight excluding hydrogens is 316 g/mol. The van der Waals surface area contributed by atoms with E-state index in [4.69, 9.17) is 4.74 Å². The van der Waals surface area contributed by atoms with Gasteiger partial charge >= 0.3 is 0 Å². The molecule has 0 aliphatic heterocycles. The van der Waals surface area contributed by atoms with Crippen LogP contribution in [0.25, 0.3) is 0 Å². The van der Waals surface area contributed by atoms with Crippen LogP contribution in [0.4, 0.5) is 11.6 Å². The van der Waals surface area contributed by atoms with Crippen molar-refractivity contribution in [3.05, 3.63) is 42.2 Å². The number of nitrogens with one attached hydrogen (secondary N) is 2. The van der Waals surface area contributed by atoms with Gasteiger partial charge in [0.05, 0.1) is 6.10 Å². The van der Waals surface area contributed by atoms with E-state index in [1.165, 1.54) is 12.8 Å². The smallest absolute Gasteiger partial charge is 0.270 e. The molecule has 1 aromatic carbocycles. The SMILES string of the molecule is CC(C)Oc1ccc(Nc2nccc(C(=O)NC3CCCC3)n2)cc1. The van der Waals surface area contributed by atoms with Gasteiger partial charge in [0.15, 0.2) is 0 Å². The van der Waals surface area contributed by atoms with E-state index in [1.807, 2.05) is 38.1 Å². The zero-order valence-electron chi connectivity index (χ0n) is 14.7. The summed E-state index contributed by atoms with van der Waals surface area (Å²) in [7, 11) is 0. The molecule has 1 aliphatic rings. The minimum Gasteiger partial charge on any atom is -0.491 e. The Morgan fingerprint density at radius 1 is 1.16 bits per heavy atom. The van der Waals surface area contributed by atoms with Gasteiger partial charge in [0.1, 0.15) is 11.4 Å². The van der Waals surface area contributed by atoms with Gasteiger partial charge in [-0.1, -0.05) is 12.8 Å². The summed E-state index contributed by atoms with van der Waals surface area (Å²) in [4.78, 5) is 20.8. The van der Waals surface area contributed by atoms with Gasteiger partial charge in [0, 0.05) is 17.9 Å². The molecule has 0 radical (unpaired) electrons. The van der Waals surface area contributed by atoms with E-state index in [2.05, 4.69) is 20.6 Å². The zero-order valence-corrected chi connectivity index (χ0v) is 14.7. The normalized spacial score (nSPS) is 14.5. The largest absolute Gasteiger partial charge is 0.491 e. The molecule has 1 aromatic heterocycles. The van der Waals surface area contributed by atoms with E-state index in [1.54, 1.807) is 12.3 Å². The van der Waals surface area contributed by atoms with Gasteiger partial charge in [-0.25, -0.2) is 9.97 Å². The third kappa shape index (κ3) is 4.92. The third-order valence-electron chi connectivity index (χ3n) is 4.06. The molecule has 1 amide bonds. The first-order valence-corrected chi connectivity index (χ1v) is 8.78. The molecule has 6 nitrogen and oxygen atoms in total. The van der Waals surface area contributed by atoms with Gasteiger partial charge in [0.25, 0.3) is 5.91 Å². The molecule has 0 bridgehead atoms. The Morgan fingerprint density at radius 2 is 1.88 bits per heavy atom. The molecule has 1 saturated carbocycles. The number of ether oxygens (including phenoxy) is 1. The number of benzene rings is 1. The summed E-state index contributed by atoms with van der Waals surface area (Å²) >= 11 is 0. The van der Waals surface area contributed by atoms with E-state index < -0.39 is 0 Å². The molecule has 0 atom stereocenters. The quantitative estimate of drug-likeness (QED) is 0.839. The van der Waals surface area contributed by atoms with Crippen LogP contribution in [0.3, 0.4) is 0 Å². The first-order valence-electron chi connectivity index (χ1n) is 8.78. The van der Waals surface area contributed by atoms with Crippen LogP contribution in [-0.2, 0) is 0 Å². The Balaban J connectivity index is 1.63. The average Bonchev–Trinajstić information content (AvgIpc) is 3.09. The van der Waals surface area contributed by atoms with Crippen LogP contribution in [0, 0.1) is 0 Å². The van der Waals surface area contributed by atoms with Gasteiger partial charge in [-0.05, 0) is 57.0 Å². The third-order valence-corrected chi connectivity index (χ3v) is 4.06. The van der Waals surface area contributed by atoms with Gasteiger partial charge in [-0.15, -0.1) is 0 Å². The summed E-state index contributed by atoms with van der Waals surface area (Å²) in [6.45, 7) is 3.98. The Bertz CT molecular complexity index is 710. The van der Waals surface area contributed by atoms with E-state index >= 15 is 0 Å². The van der Waals surface area contributed by atoms with E-state index in [0.29, 0.717) is 11.6 Å². The molecule has 1 aliphatic carbocycles. The van der Waals surface area contributed by atoms with E-state index in [0.717, 1.165) is 24.3 Å². The maximum Gasteiger partial charge on any atom is 0.270 e. The topological polar surface area (TPSA) is 76.1 Å². The highest BCUT2D eigenvalue weighted by Gasteiger charge is 2.18. The summed E-state index contributed by atoms with van der Waals surface area (Å²) < 4.78 is 5.62. The van der Waals surface area contributed by atoms with Crippen molar-refractivity contribution in [3.8, 4) is 5.75 Å². The van der Waals surface area contributed by atoms with Gasteiger partial charge in [0.2, 0.25) is 5.95 Å². The highest BCUT2D eigenvalue weighted by molar-refractivity contribution is 5.92. The number of rotatable bonds is 6.